The first-order chi connectivity index (χ1) is 26.5. The lowest BCUT2D eigenvalue weighted by molar-refractivity contribution is 0.450. The van der Waals surface area contributed by atoms with Gasteiger partial charge in [0.2, 0.25) is 0 Å². The Balaban J connectivity index is 1.64. The van der Waals surface area contributed by atoms with Crippen LogP contribution in [0.5, 0.6) is 28.7 Å². The minimum Gasteiger partial charge on any atom is -0.507 e. The maximum Gasteiger partial charge on any atom is 0.122 e. The summed E-state index contributed by atoms with van der Waals surface area (Å²) in [6.07, 6.45) is 3.95. The highest BCUT2D eigenvalue weighted by Crippen LogP contribution is 2.40. The molecule has 6 rings (SSSR count). The molecule has 0 fully saturated rings. The van der Waals surface area contributed by atoms with E-state index in [-0.39, 0.29) is 60.9 Å². The van der Waals surface area contributed by atoms with Crippen LogP contribution in [0.25, 0.3) is 0 Å². The predicted octanol–water partition coefficient (Wildman–Crippen LogP) is 3.99. The van der Waals surface area contributed by atoms with Crippen molar-refractivity contribution in [1.29, 1.82) is 0 Å². The van der Waals surface area contributed by atoms with Gasteiger partial charge in [-0.3, -0.25) is 0 Å². The molecule has 5 aromatic rings. The number of nitrogens with two attached hydrogens (primary N) is 5. The minimum absolute atomic E-state index is 0.0686. The highest BCUT2D eigenvalue weighted by molar-refractivity contribution is 5.58. The van der Waals surface area contributed by atoms with E-state index >= 15 is 0 Å². The Morgan fingerprint density at radius 3 is 0.509 bits per heavy atom. The number of rotatable bonds is 10. The summed E-state index contributed by atoms with van der Waals surface area (Å²) in [6.45, 7) is 1.99. The Labute approximate surface area is 323 Å². The highest BCUT2D eigenvalue weighted by Gasteiger charge is 2.22. The van der Waals surface area contributed by atoms with Crippen LogP contribution in [0.15, 0.2) is 60.7 Å². The molecular formula is C45H55N5O5. The molecule has 10 heteroatoms. The van der Waals surface area contributed by atoms with Crippen molar-refractivity contribution in [3.8, 4) is 28.7 Å². The van der Waals surface area contributed by atoms with Gasteiger partial charge in [0, 0.05) is 32.1 Å². The van der Waals surface area contributed by atoms with Gasteiger partial charge in [0.05, 0.1) is 0 Å². The SMILES string of the molecule is NCCc1cc2c(O)c(c1)Cc1cc(CCN)cc(c1O)Cc1cc(CCN)cc(c1O)Cc1cc(CCN)cc(c1O)Cc1cc(CCN)cc(c1O)C2. The summed E-state index contributed by atoms with van der Waals surface area (Å²) in [5.74, 6) is 0.343. The molecule has 10 nitrogen and oxygen atoms in total. The van der Waals surface area contributed by atoms with E-state index in [0.717, 1.165) is 27.8 Å². The van der Waals surface area contributed by atoms with Crippen molar-refractivity contribution in [3.63, 3.8) is 0 Å². The molecule has 0 saturated carbocycles. The van der Waals surface area contributed by atoms with Gasteiger partial charge in [-0.1, -0.05) is 60.7 Å². The van der Waals surface area contributed by atoms with E-state index in [4.69, 9.17) is 28.7 Å². The fraction of sp³-hybridized carbons (Fsp3) is 0.333. The van der Waals surface area contributed by atoms with Gasteiger partial charge < -0.3 is 54.2 Å². The normalized spacial score (nSPS) is 12.8. The first kappa shape index (κ1) is 39.6. The molecule has 5 aromatic carbocycles. The zero-order chi connectivity index (χ0) is 39.2. The summed E-state index contributed by atoms with van der Waals surface area (Å²) in [7, 11) is 0. The van der Waals surface area contributed by atoms with Crippen LogP contribution in [0.2, 0.25) is 0 Å². The zero-order valence-corrected chi connectivity index (χ0v) is 31.5. The number of aromatic hydroxyl groups is 5. The second kappa shape index (κ2) is 17.6. The van der Waals surface area contributed by atoms with Gasteiger partial charge in [0.1, 0.15) is 28.7 Å². The molecule has 0 saturated heterocycles. The smallest absolute Gasteiger partial charge is 0.122 e. The van der Waals surface area contributed by atoms with Crippen LogP contribution in [0.4, 0.5) is 0 Å². The van der Waals surface area contributed by atoms with E-state index in [1.807, 2.05) is 60.7 Å². The molecule has 0 atom stereocenters. The van der Waals surface area contributed by atoms with E-state index in [9.17, 15) is 25.5 Å². The summed E-state index contributed by atoms with van der Waals surface area (Å²) in [5.41, 5.74) is 40.9. The van der Waals surface area contributed by atoms with Crippen molar-refractivity contribution < 1.29 is 25.5 Å². The van der Waals surface area contributed by atoms with E-state index in [1.165, 1.54) is 0 Å². The number of fused-ring (bicyclic) bond motifs is 10. The standard InChI is InChI=1S/C45H55N5O5/c46-6-1-26-11-31-21-33-13-27(2-7-47)15-35(42(33)52)23-37-17-29(4-9-49)19-39(44(37)54)25-40-20-30(5-10-50)18-38(45(40)55)24-36-16-28(3-8-48)14-34(43(36)53)22-32(12-26)41(31)51/h11-20,51-55H,1-10,21-25,46-50H2. The third-order valence-corrected chi connectivity index (χ3v) is 10.7. The molecule has 55 heavy (non-hydrogen) atoms. The Hall–Kier alpha value is -5.10. The monoisotopic (exact) mass is 745 g/mol. The van der Waals surface area contributed by atoms with Crippen LogP contribution in [0, 0.1) is 0 Å². The summed E-state index contributed by atoms with van der Waals surface area (Å²) in [6, 6.07) is 19.2. The number of benzene rings is 5. The Morgan fingerprint density at radius 2 is 0.400 bits per heavy atom. The van der Waals surface area contributed by atoms with Gasteiger partial charge in [0.25, 0.3) is 0 Å². The molecule has 0 amide bonds. The van der Waals surface area contributed by atoms with Crippen molar-refractivity contribution in [2.45, 2.75) is 64.2 Å². The van der Waals surface area contributed by atoms with Gasteiger partial charge in [-0.25, -0.2) is 0 Å². The van der Waals surface area contributed by atoms with Crippen LogP contribution in [-0.4, -0.2) is 58.3 Å². The van der Waals surface area contributed by atoms with Gasteiger partial charge >= 0.3 is 0 Å². The van der Waals surface area contributed by atoms with E-state index in [1.54, 1.807) is 0 Å². The molecule has 0 spiro atoms. The number of hydrogen-bond acceptors (Lipinski definition) is 10. The lowest BCUT2D eigenvalue weighted by atomic mass is 9.87. The molecule has 290 valence electrons. The molecule has 1 aliphatic carbocycles. The van der Waals surface area contributed by atoms with Crippen molar-refractivity contribution in [2.24, 2.45) is 28.7 Å². The summed E-state index contributed by atoms with van der Waals surface area (Å²) in [5, 5.41) is 59.5. The van der Waals surface area contributed by atoms with E-state index in [2.05, 4.69) is 0 Å². The first-order valence-electron chi connectivity index (χ1n) is 19.2. The summed E-state index contributed by atoms with van der Waals surface area (Å²) < 4.78 is 0. The maximum absolute atomic E-state index is 11.9. The Morgan fingerprint density at radius 1 is 0.273 bits per heavy atom. The van der Waals surface area contributed by atoms with Crippen molar-refractivity contribution in [2.75, 3.05) is 32.7 Å². The topological polar surface area (TPSA) is 231 Å². The van der Waals surface area contributed by atoms with Crippen molar-refractivity contribution in [3.05, 3.63) is 144 Å². The summed E-state index contributed by atoms with van der Waals surface area (Å²) >= 11 is 0. The summed E-state index contributed by atoms with van der Waals surface area (Å²) in [4.78, 5) is 0. The number of phenolic OH excluding ortho intramolecular Hbond substituents is 5. The minimum atomic E-state index is 0.0686. The van der Waals surface area contributed by atoms with Gasteiger partial charge in [-0.05, 0) is 148 Å². The highest BCUT2D eigenvalue weighted by atomic mass is 16.3. The molecule has 0 unspecified atom stereocenters. The lowest BCUT2D eigenvalue weighted by Gasteiger charge is -2.20. The second-order valence-electron chi connectivity index (χ2n) is 14.9. The fourth-order valence-corrected chi connectivity index (χ4v) is 8.09. The van der Waals surface area contributed by atoms with Crippen LogP contribution < -0.4 is 28.7 Å². The molecule has 0 aliphatic heterocycles. The molecule has 1 aliphatic rings. The van der Waals surface area contributed by atoms with Crippen LogP contribution in [-0.2, 0) is 64.2 Å². The Bertz CT molecular complexity index is 1710. The molecule has 0 heterocycles. The number of phenols is 5. The van der Waals surface area contributed by atoms with Gasteiger partial charge in [-0.2, -0.15) is 0 Å². The second-order valence-corrected chi connectivity index (χ2v) is 14.9. The van der Waals surface area contributed by atoms with Crippen LogP contribution in [0.1, 0.15) is 83.5 Å². The van der Waals surface area contributed by atoms with Gasteiger partial charge in [-0.15, -0.1) is 0 Å². The van der Waals surface area contributed by atoms with Crippen LogP contribution >= 0.6 is 0 Å². The zero-order valence-electron chi connectivity index (χ0n) is 31.5. The fourth-order valence-electron chi connectivity index (χ4n) is 8.09. The average molecular weight is 746 g/mol. The number of hydrogen-bond donors (Lipinski definition) is 10. The van der Waals surface area contributed by atoms with Crippen molar-refractivity contribution >= 4 is 0 Å². The third-order valence-electron chi connectivity index (χ3n) is 10.7. The first-order valence-corrected chi connectivity index (χ1v) is 19.2. The largest absolute Gasteiger partial charge is 0.507 e. The molecular weight excluding hydrogens is 691 g/mol. The third kappa shape index (κ3) is 8.91. The molecule has 15 N–H and O–H groups in total. The quantitative estimate of drug-likeness (QED) is 0.0969. The Kier molecular flexibility index (Phi) is 12.7. The van der Waals surface area contributed by atoms with E-state index < -0.39 is 0 Å². The lowest BCUT2D eigenvalue weighted by Crippen LogP contribution is -2.08. The predicted molar refractivity (Wildman–Crippen MR) is 218 cm³/mol. The molecule has 0 radical (unpaired) electrons. The molecule has 0 aromatic heterocycles. The van der Waals surface area contributed by atoms with Gasteiger partial charge in [0.15, 0.2) is 0 Å². The average Bonchev–Trinajstić information content (AvgIpc) is 3.14. The van der Waals surface area contributed by atoms with Crippen molar-refractivity contribution in [1.82, 2.24) is 0 Å². The molecule has 10 bridgehead atoms. The maximum atomic E-state index is 11.9. The van der Waals surface area contributed by atoms with Crippen LogP contribution in [0.3, 0.4) is 0 Å². The van der Waals surface area contributed by atoms with E-state index in [0.29, 0.717) is 120 Å².